The van der Waals surface area contributed by atoms with Gasteiger partial charge in [-0.25, -0.2) is 0 Å². The Bertz CT molecular complexity index is 809. The van der Waals surface area contributed by atoms with Crippen molar-refractivity contribution < 1.29 is 23.8 Å². The molecule has 2 rings (SSSR count). The van der Waals surface area contributed by atoms with Gasteiger partial charge in [0.25, 0.3) is 0 Å². The fourth-order valence-corrected chi connectivity index (χ4v) is 2.92. The second-order valence-corrected chi connectivity index (χ2v) is 6.29. The molecule has 1 aromatic heterocycles. The average molecular weight is 394 g/mol. The zero-order valence-electron chi connectivity index (χ0n) is 15.6. The molecule has 1 heterocycles. The summed E-state index contributed by atoms with van der Waals surface area (Å²) in [5.41, 5.74) is 0.517. The van der Waals surface area contributed by atoms with E-state index in [4.69, 9.17) is 14.2 Å². The number of methoxy groups -OCH3 is 2. The monoisotopic (exact) mass is 394 g/mol. The van der Waals surface area contributed by atoms with Gasteiger partial charge in [-0.3, -0.25) is 9.59 Å². The summed E-state index contributed by atoms with van der Waals surface area (Å²) in [6, 6.07) is 5.14. The van der Waals surface area contributed by atoms with E-state index in [0.29, 0.717) is 34.8 Å². The molecule has 27 heavy (non-hydrogen) atoms. The lowest BCUT2D eigenvalue weighted by Crippen LogP contribution is -2.15. The number of aromatic nitrogens is 3. The first-order valence-corrected chi connectivity index (χ1v) is 9.15. The Morgan fingerprint density at radius 1 is 1.22 bits per heavy atom. The predicted molar refractivity (Wildman–Crippen MR) is 100 cm³/mol. The summed E-state index contributed by atoms with van der Waals surface area (Å²) in [4.78, 5) is 23.8. The van der Waals surface area contributed by atoms with Crippen LogP contribution >= 0.6 is 11.8 Å². The largest absolute Gasteiger partial charge is 0.497 e. The maximum absolute atomic E-state index is 12.3. The Morgan fingerprint density at radius 2 is 2.00 bits per heavy atom. The Balaban J connectivity index is 1.96. The Hall–Kier alpha value is -2.75. The number of rotatable bonds is 9. The Kier molecular flexibility index (Phi) is 7.47. The van der Waals surface area contributed by atoms with Gasteiger partial charge in [0.1, 0.15) is 23.7 Å². The summed E-state index contributed by atoms with van der Waals surface area (Å²) in [6.07, 6.45) is 0.0328. The number of esters is 1. The van der Waals surface area contributed by atoms with Crippen LogP contribution in [-0.4, -0.2) is 53.2 Å². The van der Waals surface area contributed by atoms with Crippen molar-refractivity contribution in [2.75, 3.05) is 31.9 Å². The average Bonchev–Trinajstić information content (AvgIpc) is 2.99. The second kappa shape index (κ2) is 9.81. The molecule has 0 aliphatic heterocycles. The van der Waals surface area contributed by atoms with E-state index in [1.54, 1.807) is 43.8 Å². The van der Waals surface area contributed by atoms with Gasteiger partial charge in [0, 0.05) is 13.1 Å². The number of carbonyl (C=O) groups excluding carboxylic acids is 2. The minimum absolute atomic E-state index is 0.0328. The molecular weight excluding hydrogens is 372 g/mol. The maximum Gasteiger partial charge on any atom is 0.313 e. The Morgan fingerprint density at radius 3 is 2.67 bits per heavy atom. The first kappa shape index (κ1) is 20.6. The van der Waals surface area contributed by atoms with E-state index in [9.17, 15) is 9.59 Å². The van der Waals surface area contributed by atoms with E-state index in [1.807, 2.05) is 0 Å². The van der Waals surface area contributed by atoms with Gasteiger partial charge in [0.2, 0.25) is 5.91 Å². The minimum atomic E-state index is -0.368. The van der Waals surface area contributed by atoms with E-state index in [-0.39, 0.29) is 24.1 Å². The number of hydrogen-bond acceptors (Lipinski definition) is 8. The van der Waals surface area contributed by atoms with Gasteiger partial charge in [-0.2, -0.15) is 0 Å². The molecule has 10 heteroatoms. The molecule has 1 N–H and O–H groups in total. The second-order valence-electron chi connectivity index (χ2n) is 5.34. The number of thioether (sulfide) groups is 1. The first-order valence-electron chi connectivity index (χ1n) is 8.17. The van der Waals surface area contributed by atoms with E-state index < -0.39 is 0 Å². The topological polar surface area (TPSA) is 105 Å². The van der Waals surface area contributed by atoms with Crippen molar-refractivity contribution in [3.05, 3.63) is 24.0 Å². The molecule has 0 saturated heterocycles. The standard InChI is InChI=1S/C17H22N4O5S/c1-5-26-16(23)9-14-19-20-17(21(14)2)27-10-15(22)18-12-8-11(24-3)6-7-13(12)25-4/h6-8H,5,9-10H2,1-4H3,(H,18,22). The van der Waals surface area contributed by atoms with Crippen LogP contribution in [0.3, 0.4) is 0 Å². The molecule has 146 valence electrons. The molecule has 2 aromatic rings. The molecule has 1 amide bonds. The van der Waals surface area contributed by atoms with Crippen molar-refractivity contribution >= 4 is 29.3 Å². The molecule has 0 aliphatic rings. The molecule has 0 unspecified atom stereocenters. The van der Waals surface area contributed by atoms with Crippen molar-refractivity contribution in [1.29, 1.82) is 0 Å². The molecule has 0 aliphatic carbocycles. The van der Waals surface area contributed by atoms with Crippen LogP contribution in [0, 0.1) is 0 Å². The highest BCUT2D eigenvalue weighted by Gasteiger charge is 2.15. The van der Waals surface area contributed by atoms with Gasteiger partial charge in [0.05, 0.1) is 32.3 Å². The summed E-state index contributed by atoms with van der Waals surface area (Å²) < 4.78 is 17.0. The number of ether oxygens (including phenoxy) is 3. The zero-order valence-corrected chi connectivity index (χ0v) is 16.5. The molecule has 0 spiro atoms. The molecule has 0 fully saturated rings. The van der Waals surface area contributed by atoms with Crippen LogP contribution in [0.2, 0.25) is 0 Å². The summed E-state index contributed by atoms with van der Waals surface area (Å²) >= 11 is 1.21. The molecule has 9 nitrogen and oxygen atoms in total. The summed E-state index contributed by atoms with van der Waals surface area (Å²) in [6.45, 7) is 2.05. The highest BCUT2D eigenvalue weighted by molar-refractivity contribution is 7.99. The lowest BCUT2D eigenvalue weighted by Gasteiger charge is -2.11. The van der Waals surface area contributed by atoms with Crippen molar-refractivity contribution in [2.45, 2.75) is 18.5 Å². The van der Waals surface area contributed by atoms with Gasteiger partial charge in [0.15, 0.2) is 5.16 Å². The van der Waals surface area contributed by atoms with Crippen LogP contribution in [0.5, 0.6) is 11.5 Å². The fourth-order valence-electron chi connectivity index (χ4n) is 2.19. The molecule has 0 bridgehead atoms. The number of hydrogen-bond donors (Lipinski definition) is 1. The Labute approximate surface area is 161 Å². The van der Waals surface area contributed by atoms with Crippen LogP contribution in [0.25, 0.3) is 0 Å². The van der Waals surface area contributed by atoms with Gasteiger partial charge < -0.3 is 24.1 Å². The van der Waals surface area contributed by atoms with Crippen LogP contribution in [0.1, 0.15) is 12.7 Å². The third-order valence-electron chi connectivity index (χ3n) is 3.55. The number of amides is 1. The van der Waals surface area contributed by atoms with Crippen LogP contribution in [0.4, 0.5) is 5.69 Å². The smallest absolute Gasteiger partial charge is 0.313 e. The normalized spacial score (nSPS) is 10.4. The van der Waals surface area contributed by atoms with Crippen molar-refractivity contribution in [3.63, 3.8) is 0 Å². The van der Waals surface area contributed by atoms with Crippen LogP contribution in [-0.2, 0) is 27.8 Å². The fraction of sp³-hybridized carbons (Fsp3) is 0.412. The van der Waals surface area contributed by atoms with E-state index in [2.05, 4.69) is 15.5 Å². The third-order valence-corrected chi connectivity index (χ3v) is 4.57. The van der Waals surface area contributed by atoms with Crippen LogP contribution in [0.15, 0.2) is 23.4 Å². The molecule has 0 radical (unpaired) electrons. The molecule has 0 saturated carbocycles. The SMILES string of the molecule is CCOC(=O)Cc1nnc(SCC(=O)Nc2cc(OC)ccc2OC)n1C. The van der Waals surface area contributed by atoms with Crippen molar-refractivity contribution in [2.24, 2.45) is 7.05 Å². The van der Waals surface area contributed by atoms with Crippen molar-refractivity contribution in [3.8, 4) is 11.5 Å². The summed E-state index contributed by atoms with van der Waals surface area (Å²) in [5, 5.41) is 11.3. The number of nitrogens with zero attached hydrogens (tertiary/aromatic N) is 3. The molecule has 1 aromatic carbocycles. The quantitative estimate of drug-likeness (QED) is 0.506. The van der Waals surface area contributed by atoms with E-state index in [1.165, 1.54) is 18.9 Å². The lowest BCUT2D eigenvalue weighted by atomic mass is 10.2. The zero-order chi connectivity index (χ0) is 19.8. The number of carbonyl (C=O) groups is 2. The van der Waals surface area contributed by atoms with Gasteiger partial charge >= 0.3 is 5.97 Å². The molecule has 0 atom stereocenters. The highest BCUT2D eigenvalue weighted by Crippen LogP contribution is 2.29. The summed E-state index contributed by atoms with van der Waals surface area (Å²) in [5.74, 6) is 1.13. The van der Waals surface area contributed by atoms with Gasteiger partial charge in [-0.05, 0) is 19.1 Å². The van der Waals surface area contributed by atoms with Gasteiger partial charge in [-0.15, -0.1) is 10.2 Å². The minimum Gasteiger partial charge on any atom is -0.497 e. The van der Waals surface area contributed by atoms with E-state index >= 15 is 0 Å². The highest BCUT2D eigenvalue weighted by atomic mass is 32.2. The third kappa shape index (κ3) is 5.61. The number of anilines is 1. The number of nitrogens with one attached hydrogen (secondary N) is 1. The van der Waals surface area contributed by atoms with Crippen LogP contribution < -0.4 is 14.8 Å². The first-order chi connectivity index (χ1) is 13.0. The predicted octanol–water partition coefficient (Wildman–Crippen LogP) is 1.67. The van der Waals surface area contributed by atoms with Crippen molar-refractivity contribution in [1.82, 2.24) is 14.8 Å². The number of benzene rings is 1. The molecular formula is C17H22N4O5S. The van der Waals surface area contributed by atoms with Gasteiger partial charge in [-0.1, -0.05) is 11.8 Å². The maximum atomic E-state index is 12.3. The lowest BCUT2D eigenvalue weighted by molar-refractivity contribution is -0.142. The summed E-state index contributed by atoms with van der Waals surface area (Å²) in [7, 11) is 4.81. The van der Waals surface area contributed by atoms with E-state index in [0.717, 1.165) is 0 Å².